The molecule has 0 amide bonds. The highest BCUT2D eigenvalue weighted by molar-refractivity contribution is 7.70. The second-order valence-electron chi connectivity index (χ2n) is 7.61. The van der Waals surface area contributed by atoms with Crippen LogP contribution >= 0.6 is 7.37 Å². The Morgan fingerprint density at radius 2 is 1.92 bits per heavy atom. The van der Waals surface area contributed by atoms with Gasteiger partial charge in [0.15, 0.2) is 0 Å². The molecule has 4 aliphatic rings. The van der Waals surface area contributed by atoms with Crippen LogP contribution in [0.25, 0.3) is 0 Å². The van der Waals surface area contributed by atoms with Gasteiger partial charge in [-0.15, -0.1) is 0 Å². The molecule has 0 saturated carbocycles. The molecule has 3 aliphatic heterocycles. The van der Waals surface area contributed by atoms with Crippen molar-refractivity contribution in [3.63, 3.8) is 0 Å². The molecule has 5 rings (SSSR count). The SMILES string of the molecule is CC1=CC(=[N+]2CCC2)C=C2C1=Nc1c(C)cc(N3CCC3)cc1P2(=O)[O-]. The van der Waals surface area contributed by atoms with Gasteiger partial charge in [0.1, 0.15) is 13.1 Å². The zero-order valence-corrected chi connectivity index (χ0v) is 16.1. The molecule has 5 nitrogen and oxygen atoms in total. The summed E-state index contributed by atoms with van der Waals surface area (Å²) in [5.74, 6) is 0. The summed E-state index contributed by atoms with van der Waals surface area (Å²) in [6.45, 7) is 7.89. The van der Waals surface area contributed by atoms with Gasteiger partial charge in [0.05, 0.1) is 25.2 Å². The molecule has 1 atom stereocenters. The fraction of sp³-hybridized carbons (Fsp3) is 0.400. The zero-order valence-electron chi connectivity index (χ0n) is 15.2. The highest BCUT2D eigenvalue weighted by atomic mass is 31.2. The summed E-state index contributed by atoms with van der Waals surface area (Å²) in [7, 11) is -3.92. The number of hydrogen-bond acceptors (Lipinski definition) is 4. The Kier molecular flexibility index (Phi) is 3.44. The molecule has 6 heteroatoms. The first kappa shape index (κ1) is 16.2. The summed E-state index contributed by atoms with van der Waals surface area (Å²) >= 11 is 0. The van der Waals surface area contributed by atoms with Gasteiger partial charge in [-0.3, -0.25) is 0 Å². The van der Waals surface area contributed by atoms with E-state index in [4.69, 9.17) is 4.99 Å². The summed E-state index contributed by atoms with van der Waals surface area (Å²) in [5, 5.41) is 0.763. The van der Waals surface area contributed by atoms with Gasteiger partial charge in [-0.25, -0.2) is 9.57 Å². The van der Waals surface area contributed by atoms with Crippen LogP contribution in [0.4, 0.5) is 11.4 Å². The van der Waals surface area contributed by atoms with Crippen molar-refractivity contribution in [1.29, 1.82) is 0 Å². The van der Waals surface area contributed by atoms with Crippen LogP contribution in [0.2, 0.25) is 0 Å². The van der Waals surface area contributed by atoms with Crippen LogP contribution in [0.15, 0.2) is 40.2 Å². The maximum absolute atomic E-state index is 13.5. The third kappa shape index (κ3) is 2.23. The summed E-state index contributed by atoms with van der Waals surface area (Å²) < 4.78 is 15.7. The fourth-order valence-electron chi connectivity index (χ4n) is 3.98. The third-order valence-electron chi connectivity index (χ3n) is 5.83. The lowest BCUT2D eigenvalue weighted by Crippen LogP contribution is -2.38. The van der Waals surface area contributed by atoms with Gasteiger partial charge < -0.3 is 14.4 Å². The first-order valence-electron chi connectivity index (χ1n) is 9.28. The Balaban J connectivity index is 1.72. The number of aryl methyl sites for hydroxylation is 1. The minimum Gasteiger partial charge on any atom is -0.793 e. The van der Waals surface area contributed by atoms with Crippen molar-refractivity contribution in [2.24, 2.45) is 4.99 Å². The van der Waals surface area contributed by atoms with Gasteiger partial charge in [0.25, 0.3) is 0 Å². The van der Waals surface area contributed by atoms with Gasteiger partial charge in [-0.2, -0.15) is 0 Å². The van der Waals surface area contributed by atoms with Crippen molar-refractivity contribution in [3.05, 3.63) is 40.7 Å². The van der Waals surface area contributed by atoms with E-state index in [1.807, 2.05) is 26.0 Å². The van der Waals surface area contributed by atoms with Crippen LogP contribution in [-0.2, 0) is 4.57 Å². The van der Waals surface area contributed by atoms with Crippen molar-refractivity contribution < 1.29 is 14.0 Å². The van der Waals surface area contributed by atoms with Crippen LogP contribution in [0, 0.1) is 6.92 Å². The number of fused-ring (bicyclic) bond motifs is 2. The maximum atomic E-state index is 13.5. The first-order valence-corrected chi connectivity index (χ1v) is 10.9. The van der Waals surface area contributed by atoms with Crippen LogP contribution < -0.4 is 15.1 Å². The number of benzene rings is 1. The Hall–Kier alpha value is -1.97. The van der Waals surface area contributed by atoms with E-state index in [9.17, 15) is 9.46 Å². The second-order valence-corrected chi connectivity index (χ2v) is 9.67. The van der Waals surface area contributed by atoms with Crippen molar-refractivity contribution in [2.45, 2.75) is 26.7 Å². The van der Waals surface area contributed by atoms with Crippen LogP contribution in [0.3, 0.4) is 0 Å². The van der Waals surface area contributed by atoms with E-state index < -0.39 is 7.37 Å². The molecular weight excluding hydrogens is 345 g/mol. The summed E-state index contributed by atoms with van der Waals surface area (Å²) in [6, 6.07) is 3.89. The molecule has 0 spiro atoms. The predicted molar refractivity (Wildman–Crippen MR) is 104 cm³/mol. The van der Waals surface area contributed by atoms with Crippen molar-refractivity contribution in [3.8, 4) is 0 Å². The van der Waals surface area contributed by atoms with Gasteiger partial charge in [0.2, 0.25) is 5.71 Å². The Morgan fingerprint density at radius 1 is 1.15 bits per heavy atom. The van der Waals surface area contributed by atoms with Gasteiger partial charge >= 0.3 is 0 Å². The van der Waals surface area contributed by atoms with E-state index in [1.54, 1.807) is 0 Å². The van der Waals surface area contributed by atoms with Gasteiger partial charge in [-0.05, 0) is 43.5 Å². The molecule has 1 aromatic rings. The normalized spacial score (nSPS) is 26.9. The second kappa shape index (κ2) is 5.51. The maximum Gasteiger partial charge on any atom is 0.201 e. The average Bonchev–Trinajstić information content (AvgIpc) is 2.46. The van der Waals surface area contributed by atoms with E-state index in [0.717, 1.165) is 61.6 Å². The molecule has 26 heavy (non-hydrogen) atoms. The molecule has 0 bridgehead atoms. The number of nitrogens with zero attached hydrogens (tertiary/aromatic N) is 3. The Labute approximate surface area is 153 Å². The summed E-state index contributed by atoms with van der Waals surface area (Å²) in [5.41, 5.74) is 5.07. The van der Waals surface area contributed by atoms with E-state index in [1.165, 1.54) is 0 Å². The standard InChI is InChI=1S/C20H22N3O2P/c1-13-9-15(22-5-3-6-22)11-17-19(13)21-20-14(2)10-16(23-7-4-8-23)12-18(20)26(17,24)25/h9-12H,3-8H2,1-2H3. The fourth-order valence-corrected chi connectivity index (χ4v) is 5.85. The predicted octanol–water partition coefficient (Wildman–Crippen LogP) is 2.26. The molecule has 134 valence electrons. The zero-order chi connectivity index (χ0) is 18.1. The lowest BCUT2D eigenvalue weighted by Gasteiger charge is -2.38. The average molecular weight is 367 g/mol. The Morgan fingerprint density at radius 3 is 2.54 bits per heavy atom. The van der Waals surface area contributed by atoms with Gasteiger partial charge in [-0.1, -0.05) is 0 Å². The van der Waals surface area contributed by atoms with E-state index >= 15 is 0 Å². The number of hydrogen-bond donors (Lipinski definition) is 0. The van der Waals surface area contributed by atoms with E-state index in [-0.39, 0.29) is 0 Å². The van der Waals surface area contributed by atoms with Crippen LogP contribution in [-0.4, -0.2) is 42.2 Å². The van der Waals surface area contributed by atoms with Crippen LogP contribution in [0.1, 0.15) is 25.3 Å². The van der Waals surface area contributed by atoms with Crippen molar-refractivity contribution >= 4 is 35.5 Å². The highest BCUT2D eigenvalue weighted by Gasteiger charge is 2.36. The van der Waals surface area contributed by atoms with Gasteiger partial charge in [0, 0.05) is 41.5 Å². The van der Waals surface area contributed by atoms with Crippen molar-refractivity contribution in [2.75, 3.05) is 31.1 Å². The molecule has 0 radical (unpaired) electrons. The van der Waals surface area contributed by atoms with E-state index in [0.29, 0.717) is 22.0 Å². The third-order valence-corrected chi connectivity index (χ3v) is 7.78. The quantitative estimate of drug-likeness (QED) is 0.435. The lowest BCUT2D eigenvalue weighted by atomic mass is 10.0. The number of anilines is 1. The minimum absolute atomic E-state index is 0.382. The molecule has 3 heterocycles. The largest absolute Gasteiger partial charge is 0.793 e. The molecule has 1 unspecified atom stereocenters. The molecule has 2 fully saturated rings. The molecule has 2 saturated heterocycles. The molecule has 1 aliphatic carbocycles. The summed E-state index contributed by atoms with van der Waals surface area (Å²) in [6.07, 6.45) is 6.22. The topological polar surface area (TPSA) is 58.7 Å². The monoisotopic (exact) mass is 367 g/mol. The minimum atomic E-state index is -3.92. The van der Waals surface area contributed by atoms with Crippen molar-refractivity contribution in [1.82, 2.24) is 0 Å². The first-order chi connectivity index (χ1) is 12.4. The molecule has 0 N–H and O–H groups in total. The molecule has 1 aromatic carbocycles. The number of allylic oxidation sites excluding steroid dienone is 4. The Bertz CT molecular complexity index is 1010. The van der Waals surface area contributed by atoms with E-state index in [2.05, 4.69) is 21.6 Å². The summed E-state index contributed by atoms with van der Waals surface area (Å²) in [4.78, 5) is 20.5. The number of rotatable bonds is 1. The molecule has 0 aromatic heterocycles. The number of aliphatic imine (C=N–C) groups is 1. The highest BCUT2D eigenvalue weighted by Crippen LogP contribution is 2.53. The van der Waals surface area contributed by atoms with Crippen LogP contribution in [0.5, 0.6) is 0 Å². The molecular formula is C20H22N3O2P. The smallest absolute Gasteiger partial charge is 0.201 e. The lowest BCUT2D eigenvalue weighted by molar-refractivity contribution is -0.582.